The Morgan fingerprint density at radius 2 is 1.50 bits per heavy atom. The number of alkyl halides is 3. The largest absolute Gasteiger partial charge is 0.386 e. The van der Waals surface area contributed by atoms with Crippen LogP contribution in [-0.2, 0) is 0 Å². The third-order valence-corrected chi connectivity index (χ3v) is 1.31. The lowest BCUT2D eigenvalue weighted by Gasteiger charge is -1.95. The minimum atomic E-state index is -4.00. The molecule has 0 saturated carbocycles. The maximum atomic E-state index is 12.5. The monoisotopic (exact) mass is 208 g/mol. The van der Waals surface area contributed by atoms with E-state index in [0.29, 0.717) is 0 Å². The van der Waals surface area contributed by atoms with Crippen LogP contribution >= 0.6 is 0 Å². The van der Waals surface area contributed by atoms with Gasteiger partial charge in [-0.25, -0.2) is 4.39 Å². The van der Waals surface area contributed by atoms with Gasteiger partial charge in [-0.1, -0.05) is 17.7 Å². The molecule has 0 aromatic heterocycles. The molecule has 0 atom stereocenters. The molecule has 0 unspecified atom stereocenters. The Morgan fingerprint density at radius 3 is 1.79 bits per heavy atom. The first kappa shape index (κ1) is 12.9. The van der Waals surface area contributed by atoms with Crippen LogP contribution in [-0.4, -0.2) is 6.18 Å². The van der Waals surface area contributed by atoms with E-state index in [1.165, 1.54) is 6.07 Å². The molecule has 1 aromatic carbocycles. The highest BCUT2D eigenvalue weighted by Gasteiger charge is 2.15. The van der Waals surface area contributed by atoms with Crippen LogP contribution in [0.3, 0.4) is 0 Å². The van der Waals surface area contributed by atoms with Gasteiger partial charge in [0.25, 0.3) is 0 Å². The van der Waals surface area contributed by atoms with E-state index in [-0.39, 0.29) is 12.7 Å². The first-order valence-electron chi connectivity index (χ1n) is 3.99. The van der Waals surface area contributed by atoms with Crippen LogP contribution in [0.15, 0.2) is 18.2 Å². The zero-order valence-corrected chi connectivity index (χ0v) is 8.24. The van der Waals surface area contributed by atoms with Gasteiger partial charge in [0.05, 0.1) is 0 Å². The van der Waals surface area contributed by atoms with Gasteiger partial charge in [-0.2, -0.15) is 13.2 Å². The highest BCUT2D eigenvalue weighted by molar-refractivity contribution is 5.22. The summed E-state index contributed by atoms with van der Waals surface area (Å²) in [4.78, 5) is 0. The fourth-order valence-electron chi connectivity index (χ4n) is 0.795. The molecule has 0 aliphatic carbocycles. The SMILES string of the molecule is CC(F)(F)F.Cc1ccc(F)c(C)c1. The van der Waals surface area contributed by atoms with Crippen molar-refractivity contribution in [2.45, 2.75) is 26.9 Å². The predicted molar refractivity (Wildman–Crippen MR) is 47.6 cm³/mol. The van der Waals surface area contributed by atoms with Crippen LogP contribution < -0.4 is 0 Å². The zero-order chi connectivity index (χ0) is 11.4. The normalized spacial score (nSPS) is 10.5. The number of benzene rings is 1. The molecular weight excluding hydrogens is 196 g/mol. The van der Waals surface area contributed by atoms with Gasteiger partial charge in [0.1, 0.15) is 5.82 Å². The maximum Gasteiger partial charge on any atom is 0.386 e. The van der Waals surface area contributed by atoms with E-state index >= 15 is 0 Å². The minimum Gasteiger partial charge on any atom is -0.207 e. The third-order valence-electron chi connectivity index (χ3n) is 1.31. The van der Waals surface area contributed by atoms with Crippen molar-refractivity contribution in [1.82, 2.24) is 0 Å². The Bertz CT molecular complexity index is 283. The summed E-state index contributed by atoms with van der Waals surface area (Å²) in [5.74, 6) is -0.124. The van der Waals surface area contributed by atoms with E-state index in [0.717, 1.165) is 11.1 Å². The van der Waals surface area contributed by atoms with E-state index in [4.69, 9.17) is 0 Å². The molecule has 1 aromatic rings. The van der Waals surface area contributed by atoms with Crippen molar-refractivity contribution < 1.29 is 17.6 Å². The molecule has 0 saturated heterocycles. The second-order valence-electron chi connectivity index (χ2n) is 3.03. The van der Waals surface area contributed by atoms with Gasteiger partial charge in [-0.15, -0.1) is 0 Å². The van der Waals surface area contributed by atoms with Crippen LogP contribution in [0.5, 0.6) is 0 Å². The first-order chi connectivity index (χ1) is 6.20. The molecule has 14 heavy (non-hydrogen) atoms. The number of rotatable bonds is 0. The molecule has 4 heteroatoms. The molecule has 0 N–H and O–H groups in total. The molecule has 80 valence electrons. The smallest absolute Gasteiger partial charge is 0.207 e. The Labute approximate surface area is 80.6 Å². The fourth-order valence-corrected chi connectivity index (χ4v) is 0.795. The summed E-state index contributed by atoms with van der Waals surface area (Å²) in [5, 5.41) is 0. The first-order valence-corrected chi connectivity index (χ1v) is 3.99. The van der Waals surface area contributed by atoms with Gasteiger partial charge in [0.15, 0.2) is 0 Å². The van der Waals surface area contributed by atoms with Crippen LogP contribution in [0.1, 0.15) is 18.1 Å². The highest BCUT2D eigenvalue weighted by atomic mass is 19.4. The molecular formula is C10H12F4. The van der Waals surface area contributed by atoms with Gasteiger partial charge >= 0.3 is 6.18 Å². The summed E-state index contributed by atoms with van der Waals surface area (Å²) in [6.07, 6.45) is -4.00. The van der Waals surface area contributed by atoms with E-state index in [1.807, 2.05) is 13.0 Å². The Hall–Kier alpha value is -1.06. The highest BCUT2D eigenvalue weighted by Crippen LogP contribution is 2.10. The lowest BCUT2D eigenvalue weighted by atomic mass is 10.1. The Kier molecular flexibility index (Phi) is 4.60. The van der Waals surface area contributed by atoms with Gasteiger partial charge in [0.2, 0.25) is 0 Å². The topological polar surface area (TPSA) is 0 Å². The Balaban J connectivity index is 0.000000292. The number of halogens is 4. The zero-order valence-electron chi connectivity index (χ0n) is 8.24. The molecule has 1 rings (SSSR count). The number of hydrogen-bond acceptors (Lipinski definition) is 0. The quantitative estimate of drug-likeness (QED) is 0.565. The molecule has 0 nitrogen and oxygen atoms in total. The summed E-state index contributed by atoms with van der Waals surface area (Å²) in [6, 6.07) is 5.09. The maximum absolute atomic E-state index is 12.5. The molecule has 0 amide bonds. The van der Waals surface area contributed by atoms with E-state index in [1.54, 1.807) is 13.0 Å². The fraction of sp³-hybridized carbons (Fsp3) is 0.400. The van der Waals surface area contributed by atoms with Gasteiger partial charge < -0.3 is 0 Å². The average Bonchev–Trinajstić information content (AvgIpc) is 1.94. The predicted octanol–water partition coefficient (Wildman–Crippen LogP) is 4.01. The van der Waals surface area contributed by atoms with Crippen molar-refractivity contribution in [1.29, 1.82) is 0 Å². The van der Waals surface area contributed by atoms with Gasteiger partial charge in [0, 0.05) is 6.92 Å². The molecule has 0 spiro atoms. The van der Waals surface area contributed by atoms with Gasteiger partial charge in [-0.3, -0.25) is 0 Å². The van der Waals surface area contributed by atoms with E-state index in [2.05, 4.69) is 0 Å². The Morgan fingerprint density at radius 1 is 1.07 bits per heavy atom. The number of hydrogen-bond donors (Lipinski definition) is 0. The molecule has 0 radical (unpaired) electrons. The van der Waals surface area contributed by atoms with Crippen LogP contribution in [0.2, 0.25) is 0 Å². The molecule has 0 heterocycles. The van der Waals surface area contributed by atoms with Crippen molar-refractivity contribution in [2.75, 3.05) is 0 Å². The molecule has 0 fully saturated rings. The van der Waals surface area contributed by atoms with Crippen molar-refractivity contribution in [2.24, 2.45) is 0 Å². The molecule has 0 aliphatic rings. The lowest BCUT2D eigenvalue weighted by molar-refractivity contribution is -0.110. The summed E-state index contributed by atoms with van der Waals surface area (Å²) in [6.45, 7) is 3.90. The minimum absolute atomic E-state index is 0.124. The van der Waals surface area contributed by atoms with Crippen molar-refractivity contribution >= 4 is 0 Å². The summed E-state index contributed by atoms with van der Waals surface area (Å²) >= 11 is 0. The molecule has 0 aliphatic heterocycles. The van der Waals surface area contributed by atoms with Crippen LogP contribution in [0.4, 0.5) is 17.6 Å². The second-order valence-corrected chi connectivity index (χ2v) is 3.03. The summed E-state index contributed by atoms with van der Waals surface area (Å²) < 4.78 is 43.6. The van der Waals surface area contributed by atoms with E-state index in [9.17, 15) is 17.6 Å². The second kappa shape index (κ2) is 4.98. The lowest BCUT2D eigenvalue weighted by Crippen LogP contribution is -1.95. The van der Waals surface area contributed by atoms with E-state index < -0.39 is 6.18 Å². The van der Waals surface area contributed by atoms with Crippen molar-refractivity contribution in [3.05, 3.63) is 35.1 Å². The van der Waals surface area contributed by atoms with Gasteiger partial charge in [-0.05, 0) is 25.5 Å². The summed E-state index contributed by atoms with van der Waals surface area (Å²) in [7, 11) is 0. The van der Waals surface area contributed by atoms with Crippen LogP contribution in [0, 0.1) is 19.7 Å². The average molecular weight is 208 g/mol. The van der Waals surface area contributed by atoms with Crippen LogP contribution in [0.25, 0.3) is 0 Å². The standard InChI is InChI=1S/C8H9F.C2H3F3/c1-6-3-4-8(9)7(2)5-6;1-2(3,4)5/h3-5H,1-2H3;1H3. The third kappa shape index (κ3) is 7.58. The van der Waals surface area contributed by atoms with Crippen molar-refractivity contribution in [3.63, 3.8) is 0 Å². The molecule has 0 bridgehead atoms. The number of aryl methyl sites for hydroxylation is 2. The summed E-state index contributed by atoms with van der Waals surface area (Å²) in [5.41, 5.74) is 1.82. The van der Waals surface area contributed by atoms with Crippen molar-refractivity contribution in [3.8, 4) is 0 Å².